The molecule has 12 heteroatoms. The maximum Gasteiger partial charge on any atom is 0.332 e. The average molecular weight is 402 g/mol. The number of quaternary nitrogens is 1. The van der Waals surface area contributed by atoms with E-state index in [4.69, 9.17) is 4.52 Å². The van der Waals surface area contributed by atoms with Gasteiger partial charge in [-0.05, 0) is 0 Å². The van der Waals surface area contributed by atoms with E-state index in [9.17, 15) is 19.0 Å². The van der Waals surface area contributed by atoms with Crippen molar-refractivity contribution in [1.29, 1.82) is 0 Å². The van der Waals surface area contributed by atoms with E-state index in [2.05, 4.69) is 10.1 Å². The molecule has 0 bridgehead atoms. The third-order valence-corrected chi connectivity index (χ3v) is 5.24. The Morgan fingerprint density at radius 3 is 2.56 bits per heavy atom. The van der Waals surface area contributed by atoms with Crippen LogP contribution in [0.25, 0.3) is 11.2 Å². The van der Waals surface area contributed by atoms with E-state index in [1.807, 2.05) is 21.1 Å². The van der Waals surface area contributed by atoms with Crippen molar-refractivity contribution in [2.75, 3.05) is 40.8 Å². The van der Waals surface area contributed by atoms with Gasteiger partial charge in [-0.15, -0.1) is 0 Å². The van der Waals surface area contributed by atoms with Crippen LogP contribution in [0.3, 0.4) is 0 Å². The highest BCUT2D eigenvalue weighted by molar-refractivity contribution is 7.49. The minimum absolute atomic E-state index is 0.0353. The zero-order valence-electron chi connectivity index (χ0n) is 16.3. The number of hydrogen-bond acceptors (Lipinski definition) is 6. The van der Waals surface area contributed by atoms with Crippen LogP contribution in [0.1, 0.15) is 6.42 Å². The van der Waals surface area contributed by atoms with Crippen LogP contribution in [0, 0.1) is 0 Å². The molecular weight excluding hydrogens is 375 g/mol. The monoisotopic (exact) mass is 402 g/mol. The smallest absolute Gasteiger partial charge is 0.332 e. The normalized spacial score (nSPS) is 14.6. The van der Waals surface area contributed by atoms with Gasteiger partial charge in [0.1, 0.15) is 0 Å². The molecule has 0 aliphatic carbocycles. The third-order valence-electron chi connectivity index (χ3n) is 4.11. The van der Waals surface area contributed by atoms with Crippen LogP contribution in [-0.2, 0) is 29.7 Å². The van der Waals surface area contributed by atoms with Crippen molar-refractivity contribution in [3.8, 4) is 0 Å². The first-order valence-corrected chi connectivity index (χ1v) is 10.1. The Bertz CT molecular complexity index is 970. The summed E-state index contributed by atoms with van der Waals surface area (Å²) in [7, 11) is 4.79. The molecule has 2 aromatic heterocycles. The fraction of sp³-hybridized carbons (Fsp3) is 0.667. The van der Waals surface area contributed by atoms with E-state index >= 15 is 0 Å². The molecule has 152 valence electrons. The second-order valence-electron chi connectivity index (χ2n) is 7.42. The Morgan fingerprint density at radius 1 is 1.26 bits per heavy atom. The standard InChI is InChI=1S/C15H27N6O5P/c1-18-13-12(14(22)19(2)15(18)23)20(11-16-13)8-7-17-27(24,25)26-10-6-9-21(3,4)5/h11H,6-10H2,1-5H3,(H-,17,24,25). The van der Waals surface area contributed by atoms with Gasteiger partial charge in [0.15, 0.2) is 11.2 Å². The summed E-state index contributed by atoms with van der Waals surface area (Å²) in [6.45, 7) is 1.12. The fourth-order valence-corrected chi connectivity index (χ4v) is 3.48. The van der Waals surface area contributed by atoms with E-state index in [-0.39, 0.29) is 30.9 Å². The largest absolute Gasteiger partial charge is 0.766 e. The molecule has 2 rings (SSSR count). The lowest BCUT2D eigenvalue weighted by atomic mass is 10.4. The van der Waals surface area contributed by atoms with Crippen LogP contribution >= 0.6 is 7.75 Å². The van der Waals surface area contributed by atoms with Crippen molar-refractivity contribution < 1.29 is 18.5 Å². The molecule has 2 heterocycles. The van der Waals surface area contributed by atoms with Gasteiger partial charge in [-0.3, -0.25) is 23.6 Å². The molecule has 0 aliphatic heterocycles. The lowest BCUT2D eigenvalue weighted by Gasteiger charge is -2.26. The Hall–Kier alpha value is -1.78. The van der Waals surface area contributed by atoms with E-state index < -0.39 is 19.0 Å². The molecule has 1 N–H and O–H groups in total. The summed E-state index contributed by atoms with van der Waals surface area (Å²) in [6, 6.07) is 0. The fourth-order valence-electron chi connectivity index (χ4n) is 2.64. The van der Waals surface area contributed by atoms with E-state index in [0.29, 0.717) is 6.42 Å². The zero-order chi connectivity index (χ0) is 20.4. The van der Waals surface area contributed by atoms with Crippen molar-refractivity contribution in [3.63, 3.8) is 0 Å². The van der Waals surface area contributed by atoms with Gasteiger partial charge in [0.05, 0.1) is 40.6 Å². The molecule has 11 nitrogen and oxygen atoms in total. The summed E-state index contributed by atoms with van der Waals surface area (Å²) in [5.74, 6) is 0. The SMILES string of the molecule is Cn1c(=O)c2c(ncn2CCNP(=O)([O-])OCCC[N+](C)(C)C)n(C)c1=O. The maximum atomic E-state index is 12.3. The average Bonchev–Trinajstić information content (AvgIpc) is 2.98. The predicted octanol–water partition coefficient (Wildman–Crippen LogP) is -1.40. The molecule has 0 aromatic carbocycles. The number of aromatic nitrogens is 4. The van der Waals surface area contributed by atoms with Gasteiger partial charge < -0.3 is 18.5 Å². The second kappa shape index (κ2) is 8.07. The summed E-state index contributed by atoms with van der Waals surface area (Å²) in [4.78, 5) is 40.2. The van der Waals surface area contributed by atoms with Crippen LogP contribution in [0.4, 0.5) is 0 Å². The maximum absolute atomic E-state index is 12.3. The third kappa shape index (κ3) is 5.36. The number of rotatable bonds is 9. The van der Waals surface area contributed by atoms with Crippen LogP contribution < -0.4 is 21.2 Å². The summed E-state index contributed by atoms with van der Waals surface area (Å²) >= 11 is 0. The van der Waals surface area contributed by atoms with Crippen LogP contribution in [0.15, 0.2) is 15.9 Å². The molecule has 2 aromatic rings. The van der Waals surface area contributed by atoms with Crippen molar-refractivity contribution in [2.45, 2.75) is 13.0 Å². The van der Waals surface area contributed by atoms with E-state index in [1.165, 1.54) is 29.6 Å². The van der Waals surface area contributed by atoms with Crippen molar-refractivity contribution in [2.24, 2.45) is 14.1 Å². The Morgan fingerprint density at radius 2 is 1.93 bits per heavy atom. The highest BCUT2D eigenvalue weighted by atomic mass is 31.2. The Balaban J connectivity index is 1.98. The van der Waals surface area contributed by atoms with Gasteiger partial charge in [-0.1, -0.05) is 0 Å². The number of nitrogens with zero attached hydrogens (tertiary/aromatic N) is 5. The van der Waals surface area contributed by atoms with Crippen LogP contribution in [-0.4, -0.2) is 64.0 Å². The number of imidazole rings is 1. The van der Waals surface area contributed by atoms with Gasteiger partial charge in [0, 0.05) is 33.6 Å². The van der Waals surface area contributed by atoms with Crippen molar-refractivity contribution >= 4 is 18.9 Å². The molecule has 1 atom stereocenters. The quantitative estimate of drug-likeness (QED) is 0.311. The minimum atomic E-state index is -4.17. The molecule has 0 amide bonds. The highest BCUT2D eigenvalue weighted by Crippen LogP contribution is 2.31. The van der Waals surface area contributed by atoms with Crippen molar-refractivity contribution in [1.82, 2.24) is 23.8 Å². The highest BCUT2D eigenvalue weighted by Gasteiger charge is 2.15. The Kier molecular flexibility index (Phi) is 6.43. The lowest BCUT2D eigenvalue weighted by Crippen LogP contribution is -2.37. The van der Waals surface area contributed by atoms with Gasteiger partial charge in [-0.25, -0.2) is 9.78 Å². The van der Waals surface area contributed by atoms with Crippen LogP contribution in [0.2, 0.25) is 0 Å². The lowest BCUT2D eigenvalue weighted by molar-refractivity contribution is -0.870. The molecule has 0 spiro atoms. The summed E-state index contributed by atoms with van der Waals surface area (Å²) in [6.07, 6.45) is 2.03. The molecule has 1 unspecified atom stereocenters. The molecule has 0 fully saturated rings. The first-order chi connectivity index (χ1) is 12.4. The van der Waals surface area contributed by atoms with Crippen molar-refractivity contribution in [3.05, 3.63) is 27.2 Å². The summed E-state index contributed by atoms with van der Waals surface area (Å²) < 4.78 is 21.4. The molecule has 0 aliphatic rings. The molecule has 27 heavy (non-hydrogen) atoms. The Labute approximate surface area is 157 Å². The van der Waals surface area contributed by atoms with Gasteiger partial charge in [-0.2, -0.15) is 0 Å². The van der Waals surface area contributed by atoms with Gasteiger partial charge in [0.2, 0.25) is 7.75 Å². The van der Waals surface area contributed by atoms with Gasteiger partial charge in [0.25, 0.3) is 5.56 Å². The summed E-state index contributed by atoms with van der Waals surface area (Å²) in [5, 5.41) is 2.37. The molecule has 0 saturated carbocycles. The predicted molar refractivity (Wildman–Crippen MR) is 99.3 cm³/mol. The first-order valence-electron chi connectivity index (χ1n) is 8.55. The molecule has 0 saturated heterocycles. The zero-order valence-corrected chi connectivity index (χ0v) is 17.2. The number of nitrogens with one attached hydrogen (secondary N) is 1. The topological polar surface area (TPSA) is 123 Å². The first kappa shape index (κ1) is 21.5. The second-order valence-corrected chi connectivity index (χ2v) is 8.99. The van der Waals surface area contributed by atoms with Gasteiger partial charge >= 0.3 is 5.69 Å². The number of hydrogen-bond donors (Lipinski definition) is 1. The summed E-state index contributed by atoms with van der Waals surface area (Å²) in [5.41, 5.74) is -0.453. The number of aryl methyl sites for hydroxylation is 1. The molecule has 0 radical (unpaired) electrons. The molecular formula is C15H27N6O5P. The van der Waals surface area contributed by atoms with Crippen LogP contribution in [0.5, 0.6) is 0 Å². The van der Waals surface area contributed by atoms with E-state index in [1.54, 1.807) is 0 Å². The van der Waals surface area contributed by atoms with E-state index in [0.717, 1.165) is 15.6 Å². The number of fused-ring (bicyclic) bond motifs is 1. The minimum Gasteiger partial charge on any atom is -0.766 e.